The molecule has 1 N–H and O–H groups in total. The highest BCUT2D eigenvalue weighted by Crippen LogP contribution is 2.21. The van der Waals surface area contributed by atoms with Gasteiger partial charge < -0.3 is 10.1 Å². The zero-order chi connectivity index (χ0) is 15.8. The summed E-state index contributed by atoms with van der Waals surface area (Å²) < 4.78 is 4.64. The SMILES string of the molecule is COC(=O)C(C)SCC(=O)NC(c1ccccc1)C(C)C. The van der Waals surface area contributed by atoms with Crippen molar-refractivity contribution in [3.8, 4) is 0 Å². The normalized spacial score (nSPS) is 13.6. The number of benzene rings is 1. The van der Waals surface area contributed by atoms with E-state index in [1.54, 1.807) is 6.92 Å². The van der Waals surface area contributed by atoms with Crippen LogP contribution >= 0.6 is 11.8 Å². The van der Waals surface area contributed by atoms with Gasteiger partial charge in [-0.3, -0.25) is 9.59 Å². The molecule has 0 radical (unpaired) electrons. The lowest BCUT2D eigenvalue weighted by molar-refractivity contribution is -0.139. The molecule has 0 saturated heterocycles. The summed E-state index contributed by atoms with van der Waals surface area (Å²) in [4.78, 5) is 23.4. The van der Waals surface area contributed by atoms with Gasteiger partial charge in [0.15, 0.2) is 0 Å². The standard InChI is InChI=1S/C16H23NO3S/c1-11(2)15(13-8-6-5-7-9-13)17-14(18)10-21-12(3)16(19)20-4/h5-9,11-12,15H,10H2,1-4H3,(H,17,18). The number of rotatable bonds is 7. The molecule has 0 aliphatic rings. The lowest BCUT2D eigenvalue weighted by Crippen LogP contribution is -2.33. The van der Waals surface area contributed by atoms with Crippen molar-refractivity contribution in [2.45, 2.75) is 32.1 Å². The van der Waals surface area contributed by atoms with Crippen LogP contribution in [0.25, 0.3) is 0 Å². The minimum atomic E-state index is -0.338. The van der Waals surface area contributed by atoms with E-state index in [1.807, 2.05) is 30.3 Å². The number of hydrogen-bond donors (Lipinski definition) is 1. The quantitative estimate of drug-likeness (QED) is 0.787. The zero-order valence-electron chi connectivity index (χ0n) is 13.0. The average molecular weight is 309 g/mol. The van der Waals surface area contributed by atoms with Gasteiger partial charge in [-0.2, -0.15) is 0 Å². The maximum absolute atomic E-state index is 12.1. The molecule has 0 bridgehead atoms. The fourth-order valence-electron chi connectivity index (χ4n) is 1.95. The number of methoxy groups -OCH3 is 1. The van der Waals surface area contributed by atoms with Crippen LogP contribution in [0.2, 0.25) is 0 Å². The fourth-order valence-corrected chi connectivity index (χ4v) is 2.66. The second-order valence-corrected chi connectivity index (χ2v) is 6.51. The summed E-state index contributed by atoms with van der Waals surface area (Å²) in [5, 5.41) is 2.70. The van der Waals surface area contributed by atoms with Gasteiger partial charge in [0.05, 0.1) is 18.9 Å². The second kappa shape index (κ2) is 8.72. The van der Waals surface area contributed by atoms with E-state index in [2.05, 4.69) is 23.9 Å². The number of ether oxygens (including phenoxy) is 1. The van der Waals surface area contributed by atoms with Crippen molar-refractivity contribution in [2.75, 3.05) is 12.9 Å². The molecular formula is C16H23NO3S. The predicted octanol–water partition coefficient (Wildman–Crippen LogP) is 2.79. The molecule has 0 aliphatic carbocycles. The summed E-state index contributed by atoms with van der Waals surface area (Å²) >= 11 is 1.28. The van der Waals surface area contributed by atoms with E-state index in [9.17, 15) is 9.59 Å². The van der Waals surface area contributed by atoms with E-state index in [0.717, 1.165) is 5.56 Å². The van der Waals surface area contributed by atoms with Gasteiger partial charge in [-0.25, -0.2) is 0 Å². The van der Waals surface area contributed by atoms with Crippen LogP contribution in [0.1, 0.15) is 32.4 Å². The maximum atomic E-state index is 12.1. The van der Waals surface area contributed by atoms with Crippen LogP contribution in [0.5, 0.6) is 0 Å². The molecule has 2 unspecified atom stereocenters. The van der Waals surface area contributed by atoms with E-state index >= 15 is 0 Å². The molecular weight excluding hydrogens is 286 g/mol. The molecule has 0 saturated carbocycles. The van der Waals surface area contributed by atoms with Gasteiger partial charge in [-0.05, 0) is 18.4 Å². The first kappa shape index (κ1) is 17.6. The number of esters is 1. The zero-order valence-corrected chi connectivity index (χ0v) is 13.8. The number of hydrogen-bond acceptors (Lipinski definition) is 4. The Morgan fingerprint density at radius 1 is 1.19 bits per heavy atom. The molecule has 0 aliphatic heterocycles. The van der Waals surface area contributed by atoms with Gasteiger partial charge in [0.2, 0.25) is 5.91 Å². The summed E-state index contributed by atoms with van der Waals surface area (Å²) in [6.07, 6.45) is 0. The third kappa shape index (κ3) is 5.79. The Kier molecular flexibility index (Phi) is 7.29. The van der Waals surface area contributed by atoms with Crippen molar-refractivity contribution < 1.29 is 14.3 Å². The van der Waals surface area contributed by atoms with E-state index < -0.39 is 0 Å². The molecule has 0 spiro atoms. The summed E-state index contributed by atoms with van der Waals surface area (Å²) in [5.41, 5.74) is 1.09. The van der Waals surface area contributed by atoms with Crippen LogP contribution in [0.15, 0.2) is 30.3 Å². The van der Waals surface area contributed by atoms with E-state index in [0.29, 0.717) is 5.92 Å². The van der Waals surface area contributed by atoms with Crippen LogP contribution in [-0.2, 0) is 14.3 Å². The average Bonchev–Trinajstić information content (AvgIpc) is 2.49. The first-order valence-electron chi connectivity index (χ1n) is 6.99. The van der Waals surface area contributed by atoms with Crippen molar-refractivity contribution in [1.29, 1.82) is 0 Å². The van der Waals surface area contributed by atoms with E-state index in [-0.39, 0.29) is 28.9 Å². The highest BCUT2D eigenvalue weighted by molar-refractivity contribution is 8.01. The van der Waals surface area contributed by atoms with Crippen molar-refractivity contribution in [1.82, 2.24) is 5.32 Å². The Labute approximate surface area is 130 Å². The predicted molar refractivity (Wildman–Crippen MR) is 86.1 cm³/mol. The second-order valence-electron chi connectivity index (χ2n) is 5.18. The van der Waals surface area contributed by atoms with Crippen LogP contribution in [-0.4, -0.2) is 30.0 Å². The lowest BCUT2D eigenvalue weighted by Gasteiger charge is -2.23. The van der Waals surface area contributed by atoms with E-state index in [1.165, 1.54) is 18.9 Å². The molecule has 5 heteroatoms. The van der Waals surface area contributed by atoms with Gasteiger partial charge >= 0.3 is 5.97 Å². The summed E-state index contributed by atoms with van der Waals surface area (Å²) in [7, 11) is 1.35. The van der Waals surface area contributed by atoms with Gasteiger partial charge in [0, 0.05) is 0 Å². The molecule has 1 aromatic rings. The van der Waals surface area contributed by atoms with Gasteiger partial charge in [-0.15, -0.1) is 11.8 Å². The number of carbonyl (C=O) groups excluding carboxylic acids is 2. The number of nitrogens with one attached hydrogen (secondary N) is 1. The first-order chi connectivity index (χ1) is 9.95. The third-order valence-electron chi connectivity index (χ3n) is 3.14. The minimum Gasteiger partial charge on any atom is -0.468 e. The Hall–Kier alpha value is -1.49. The van der Waals surface area contributed by atoms with Crippen LogP contribution < -0.4 is 5.32 Å². The summed E-state index contributed by atoms with van der Waals surface area (Å²) in [5.74, 6) is 0.153. The Bertz CT molecular complexity index is 462. The lowest BCUT2D eigenvalue weighted by atomic mass is 9.96. The molecule has 0 fully saturated rings. The topological polar surface area (TPSA) is 55.4 Å². The smallest absolute Gasteiger partial charge is 0.318 e. The van der Waals surface area contributed by atoms with Crippen molar-refractivity contribution in [2.24, 2.45) is 5.92 Å². The molecule has 21 heavy (non-hydrogen) atoms. The number of carbonyl (C=O) groups is 2. The van der Waals surface area contributed by atoms with Crippen molar-refractivity contribution >= 4 is 23.6 Å². The monoisotopic (exact) mass is 309 g/mol. The van der Waals surface area contributed by atoms with Gasteiger partial charge in [0.25, 0.3) is 0 Å². The van der Waals surface area contributed by atoms with Crippen LogP contribution in [0.3, 0.4) is 0 Å². The Balaban J connectivity index is 2.56. The van der Waals surface area contributed by atoms with Crippen LogP contribution in [0.4, 0.5) is 0 Å². The largest absolute Gasteiger partial charge is 0.468 e. The highest BCUT2D eigenvalue weighted by Gasteiger charge is 2.20. The molecule has 1 rings (SSSR count). The molecule has 0 heterocycles. The first-order valence-corrected chi connectivity index (χ1v) is 8.04. The Morgan fingerprint density at radius 3 is 2.33 bits per heavy atom. The summed E-state index contributed by atoms with van der Waals surface area (Å²) in [6.45, 7) is 5.88. The van der Waals surface area contributed by atoms with Crippen molar-refractivity contribution in [3.63, 3.8) is 0 Å². The van der Waals surface area contributed by atoms with Crippen LogP contribution in [0, 0.1) is 5.92 Å². The minimum absolute atomic E-state index is 0.0206. The molecule has 0 aromatic heterocycles. The van der Waals surface area contributed by atoms with E-state index in [4.69, 9.17) is 0 Å². The molecule has 4 nitrogen and oxygen atoms in total. The van der Waals surface area contributed by atoms with Gasteiger partial charge in [-0.1, -0.05) is 44.2 Å². The molecule has 116 valence electrons. The van der Waals surface area contributed by atoms with Gasteiger partial charge in [0.1, 0.15) is 5.25 Å². The van der Waals surface area contributed by atoms with Crippen molar-refractivity contribution in [3.05, 3.63) is 35.9 Å². The molecule has 1 aromatic carbocycles. The highest BCUT2D eigenvalue weighted by atomic mass is 32.2. The fraction of sp³-hybridized carbons (Fsp3) is 0.500. The number of thioether (sulfide) groups is 1. The Morgan fingerprint density at radius 2 is 1.81 bits per heavy atom. The number of amides is 1. The molecule has 1 amide bonds. The summed E-state index contributed by atoms with van der Waals surface area (Å²) in [6, 6.07) is 9.88. The molecule has 2 atom stereocenters. The maximum Gasteiger partial charge on any atom is 0.318 e. The third-order valence-corrected chi connectivity index (χ3v) is 4.26.